The van der Waals surface area contributed by atoms with Gasteiger partial charge in [0.1, 0.15) is 14.2 Å². The first kappa shape index (κ1) is 17.5. The average Bonchev–Trinajstić information content (AvgIpc) is 2.98. The molecule has 3 nitrogen and oxygen atoms in total. The summed E-state index contributed by atoms with van der Waals surface area (Å²) in [6, 6.07) is 22.3. The molecule has 0 bridgehead atoms. The van der Waals surface area contributed by atoms with Crippen LogP contribution >= 0.6 is 0 Å². The van der Waals surface area contributed by atoms with Crippen LogP contribution in [0.5, 0.6) is 0 Å². The zero-order valence-electron chi connectivity index (χ0n) is 14.4. The van der Waals surface area contributed by atoms with Crippen LogP contribution in [0.3, 0.4) is 0 Å². The third-order valence-corrected chi connectivity index (χ3v) is 11.9. The summed E-state index contributed by atoms with van der Waals surface area (Å²) in [7, 11) is -2.18. The van der Waals surface area contributed by atoms with Crippen molar-refractivity contribution in [2.45, 2.75) is 38.0 Å². The van der Waals surface area contributed by atoms with Gasteiger partial charge in [0.05, 0.1) is 6.61 Å². The SMILES string of the molecule is CC(C)(C)[Si](C[C@@H]1CO[S@](=O)O1)(c1ccccc1)c1ccccc1. The highest BCUT2D eigenvalue weighted by Crippen LogP contribution is 2.40. The van der Waals surface area contributed by atoms with E-state index < -0.39 is 19.4 Å². The summed E-state index contributed by atoms with van der Waals surface area (Å²) in [4.78, 5) is 0. The highest BCUT2D eigenvalue weighted by atomic mass is 32.2. The molecule has 0 unspecified atom stereocenters. The Balaban J connectivity index is 2.15. The molecule has 1 fully saturated rings. The molecule has 0 radical (unpaired) electrons. The van der Waals surface area contributed by atoms with E-state index in [4.69, 9.17) is 8.37 Å². The fourth-order valence-corrected chi connectivity index (χ4v) is 10.1. The van der Waals surface area contributed by atoms with Crippen LogP contribution in [0.2, 0.25) is 11.1 Å². The topological polar surface area (TPSA) is 35.5 Å². The van der Waals surface area contributed by atoms with Crippen molar-refractivity contribution in [2.24, 2.45) is 0 Å². The molecule has 0 N–H and O–H groups in total. The molecule has 1 aliphatic rings. The quantitative estimate of drug-likeness (QED) is 0.786. The monoisotopic (exact) mass is 360 g/mol. The maximum Gasteiger partial charge on any atom is 0.305 e. The van der Waals surface area contributed by atoms with Crippen LogP contribution in [0.25, 0.3) is 0 Å². The van der Waals surface area contributed by atoms with E-state index in [1.165, 1.54) is 10.4 Å². The second kappa shape index (κ2) is 6.92. The van der Waals surface area contributed by atoms with Gasteiger partial charge in [0, 0.05) is 0 Å². The summed E-state index contributed by atoms with van der Waals surface area (Å²) in [5.74, 6) is 0. The Morgan fingerprint density at radius 3 is 1.88 bits per heavy atom. The molecular weight excluding hydrogens is 336 g/mol. The highest BCUT2D eigenvalue weighted by Gasteiger charge is 2.50. The first-order valence-corrected chi connectivity index (χ1v) is 11.5. The van der Waals surface area contributed by atoms with Crippen molar-refractivity contribution in [3.8, 4) is 0 Å². The molecule has 0 aliphatic carbocycles. The van der Waals surface area contributed by atoms with Crippen molar-refractivity contribution in [1.29, 1.82) is 0 Å². The van der Waals surface area contributed by atoms with Crippen LogP contribution < -0.4 is 10.4 Å². The summed E-state index contributed by atoms with van der Waals surface area (Å²) in [6.45, 7) is 7.33. The minimum atomic E-state index is -2.18. The molecule has 2 aromatic rings. The molecule has 0 saturated carbocycles. The van der Waals surface area contributed by atoms with Crippen LogP contribution in [-0.4, -0.2) is 25.0 Å². The van der Waals surface area contributed by atoms with Crippen LogP contribution in [0.15, 0.2) is 60.7 Å². The lowest BCUT2D eigenvalue weighted by Gasteiger charge is -2.45. The van der Waals surface area contributed by atoms with Gasteiger partial charge in [-0.25, -0.2) is 0 Å². The van der Waals surface area contributed by atoms with Crippen LogP contribution in [0.1, 0.15) is 20.8 Å². The summed E-state index contributed by atoms with van der Waals surface area (Å²) in [5.41, 5.74) is 0. The highest BCUT2D eigenvalue weighted by molar-refractivity contribution is 7.75. The molecule has 1 heterocycles. The fraction of sp³-hybridized carbons (Fsp3) is 0.368. The molecule has 1 aliphatic heterocycles. The van der Waals surface area contributed by atoms with Gasteiger partial charge in [0.25, 0.3) is 0 Å². The Bertz CT molecular complexity index is 658. The minimum Gasteiger partial charge on any atom is -0.266 e. The van der Waals surface area contributed by atoms with Crippen molar-refractivity contribution in [3.05, 3.63) is 60.7 Å². The van der Waals surface area contributed by atoms with E-state index in [9.17, 15) is 4.21 Å². The summed E-state index contributed by atoms with van der Waals surface area (Å²) >= 11 is -1.60. The van der Waals surface area contributed by atoms with E-state index in [2.05, 4.69) is 81.4 Å². The molecule has 0 aromatic heterocycles. The van der Waals surface area contributed by atoms with Crippen LogP contribution in [0, 0.1) is 0 Å². The Morgan fingerprint density at radius 2 is 1.50 bits per heavy atom. The van der Waals surface area contributed by atoms with Gasteiger partial charge >= 0.3 is 11.4 Å². The van der Waals surface area contributed by atoms with E-state index >= 15 is 0 Å². The van der Waals surface area contributed by atoms with E-state index in [1.807, 2.05) is 0 Å². The molecular formula is C19H24O3SSi. The van der Waals surface area contributed by atoms with Gasteiger partial charge < -0.3 is 0 Å². The largest absolute Gasteiger partial charge is 0.305 e. The average molecular weight is 361 g/mol. The Kier molecular flexibility index (Phi) is 5.06. The Hall–Kier alpha value is -1.27. The van der Waals surface area contributed by atoms with Gasteiger partial charge in [-0.1, -0.05) is 91.8 Å². The fourth-order valence-electron chi connectivity index (χ4n) is 3.75. The van der Waals surface area contributed by atoms with Gasteiger partial charge in [0.2, 0.25) is 0 Å². The van der Waals surface area contributed by atoms with E-state index in [1.54, 1.807) is 0 Å². The van der Waals surface area contributed by atoms with Gasteiger partial charge in [-0.15, -0.1) is 0 Å². The lowest BCUT2D eigenvalue weighted by Crippen LogP contribution is -2.65. The molecule has 1 saturated heterocycles. The standard InChI is InChI=1S/C19H24O3SSi/c1-19(2,3)24(17-10-6-4-7-11-17,18-12-8-5-9-13-18)15-16-14-21-23(20)22-16/h4-13,16H,14-15H2,1-3H3/t16-,23-/m0/s1. The van der Waals surface area contributed by atoms with E-state index in [-0.39, 0.29) is 11.1 Å². The predicted octanol–water partition coefficient (Wildman–Crippen LogP) is 3.04. The first-order chi connectivity index (χ1) is 11.4. The zero-order valence-corrected chi connectivity index (χ0v) is 16.2. The number of rotatable bonds is 4. The summed E-state index contributed by atoms with van der Waals surface area (Å²) in [5, 5.41) is 2.83. The third-order valence-electron chi connectivity index (χ3n) is 4.91. The van der Waals surface area contributed by atoms with Gasteiger partial charge in [-0.05, 0) is 11.1 Å². The third kappa shape index (κ3) is 3.26. The zero-order chi connectivity index (χ0) is 17.2. The van der Waals surface area contributed by atoms with Crippen molar-refractivity contribution in [3.63, 3.8) is 0 Å². The van der Waals surface area contributed by atoms with Crippen LogP contribution in [0.4, 0.5) is 0 Å². The Morgan fingerprint density at radius 1 is 1.00 bits per heavy atom. The molecule has 128 valence electrons. The normalized spacial score (nSPS) is 21.8. The Labute approximate surface area is 147 Å². The second-order valence-electron chi connectivity index (χ2n) is 7.30. The van der Waals surface area contributed by atoms with E-state index in [0.29, 0.717) is 6.61 Å². The lowest BCUT2D eigenvalue weighted by molar-refractivity contribution is 0.259. The smallest absolute Gasteiger partial charge is 0.266 e. The molecule has 3 rings (SSSR count). The summed E-state index contributed by atoms with van der Waals surface area (Å²) < 4.78 is 22.3. The number of hydrogen-bond acceptors (Lipinski definition) is 3. The molecule has 0 amide bonds. The van der Waals surface area contributed by atoms with Crippen molar-refractivity contribution in [2.75, 3.05) is 6.61 Å². The van der Waals surface area contributed by atoms with Gasteiger partial charge in [0.15, 0.2) is 0 Å². The molecule has 5 heteroatoms. The van der Waals surface area contributed by atoms with Crippen molar-refractivity contribution >= 4 is 29.8 Å². The first-order valence-electron chi connectivity index (χ1n) is 8.27. The second-order valence-corrected chi connectivity index (χ2v) is 13.0. The van der Waals surface area contributed by atoms with Gasteiger partial charge in [-0.2, -0.15) is 4.21 Å². The summed E-state index contributed by atoms with van der Waals surface area (Å²) in [6.07, 6.45) is -0.128. The molecule has 2 aromatic carbocycles. The maximum atomic E-state index is 11.5. The van der Waals surface area contributed by atoms with Crippen molar-refractivity contribution in [1.82, 2.24) is 0 Å². The van der Waals surface area contributed by atoms with Crippen LogP contribution in [-0.2, 0) is 19.7 Å². The lowest BCUT2D eigenvalue weighted by atomic mass is 10.2. The minimum absolute atomic E-state index is 0.0726. The maximum absolute atomic E-state index is 11.5. The molecule has 24 heavy (non-hydrogen) atoms. The number of benzene rings is 2. The van der Waals surface area contributed by atoms with Gasteiger partial charge in [-0.3, -0.25) is 8.37 Å². The molecule has 0 spiro atoms. The van der Waals surface area contributed by atoms with Crippen molar-refractivity contribution < 1.29 is 12.6 Å². The molecule has 2 atom stereocenters. The van der Waals surface area contributed by atoms with E-state index in [0.717, 1.165) is 6.04 Å². The number of hydrogen-bond donors (Lipinski definition) is 0. The predicted molar refractivity (Wildman–Crippen MR) is 101 cm³/mol.